The fourth-order valence-corrected chi connectivity index (χ4v) is 2.53. The maximum atomic E-state index is 12.3. The Morgan fingerprint density at radius 3 is 2.86 bits per heavy atom. The van der Waals surface area contributed by atoms with Gasteiger partial charge in [-0.2, -0.15) is 8.78 Å². The van der Waals surface area contributed by atoms with Crippen molar-refractivity contribution < 1.29 is 18.3 Å². The standard InChI is InChI=1S/C14H17ClF2N2O2/c1-14(5-2-6-18-8-14)12(20)19-9-3-4-11(10(15)7-9)21-13(16)17/h3-4,7,13,18H,2,5-6,8H2,1H3,(H,19,20). The molecule has 1 saturated heterocycles. The summed E-state index contributed by atoms with van der Waals surface area (Å²) in [7, 11) is 0. The van der Waals surface area contributed by atoms with E-state index in [1.807, 2.05) is 6.92 Å². The second-order valence-corrected chi connectivity index (χ2v) is 5.73. The molecule has 4 nitrogen and oxygen atoms in total. The minimum Gasteiger partial charge on any atom is -0.433 e. The smallest absolute Gasteiger partial charge is 0.387 e. The van der Waals surface area contributed by atoms with Crippen molar-refractivity contribution in [2.24, 2.45) is 5.41 Å². The van der Waals surface area contributed by atoms with Gasteiger partial charge < -0.3 is 15.4 Å². The Hall–Kier alpha value is -1.40. The van der Waals surface area contributed by atoms with Crippen molar-refractivity contribution in [3.8, 4) is 5.75 Å². The topological polar surface area (TPSA) is 50.4 Å². The molecule has 0 aliphatic carbocycles. The van der Waals surface area contributed by atoms with Gasteiger partial charge in [-0.1, -0.05) is 11.6 Å². The summed E-state index contributed by atoms with van der Waals surface area (Å²) in [6.07, 6.45) is 1.73. The Labute approximate surface area is 126 Å². The minimum atomic E-state index is -2.94. The van der Waals surface area contributed by atoms with Crippen molar-refractivity contribution in [2.75, 3.05) is 18.4 Å². The van der Waals surface area contributed by atoms with Crippen molar-refractivity contribution in [2.45, 2.75) is 26.4 Å². The van der Waals surface area contributed by atoms with E-state index in [-0.39, 0.29) is 16.7 Å². The van der Waals surface area contributed by atoms with E-state index in [0.29, 0.717) is 12.2 Å². The van der Waals surface area contributed by atoms with Gasteiger partial charge in [0.15, 0.2) is 0 Å². The zero-order valence-corrected chi connectivity index (χ0v) is 12.3. The van der Waals surface area contributed by atoms with Gasteiger partial charge in [0.2, 0.25) is 5.91 Å². The third-order valence-electron chi connectivity index (χ3n) is 3.55. The van der Waals surface area contributed by atoms with E-state index >= 15 is 0 Å². The number of carbonyl (C=O) groups excluding carboxylic acids is 1. The van der Waals surface area contributed by atoms with Gasteiger partial charge in [0.25, 0.3) is 0 Å². The van der Waals surface area contributed by atoms with E-state index < -0.39 is 12.0 Å². The van der Waals surface area contributed by atoms with E-state index in [4.69, 9.17) is 11.6 Å². The van der Waals surface area contributed by atoms with Crippen LogP contribution in [0.3, 0.4) is 0 Å². The molecular formula is C14H17ClF2N2O2. The monoisotopic (exact) mass is 318 g/mol. The third-order valence-corrected chi connectivity index (χ3v) is 3.85. The first-order chi connectivity index (χ1) is 9.90. The van der Waals surface area contributed by atoms with Gasteiger partial charge in [0.05, 0.1) is 10.4 Å². The van der Waals surface area contributed by atoms with E-state index in [1.54, 1.807) is 0 Å². The molecular weight excluding hydrogens is 302 g/mol. The summed E-state index contributed by atoms with van der Waals surface area (Å²) in [6, 6.07) is 4.20. The van der Waals surface area contributed by atoms with Crippen molar-refractivity contribution in [1.29, 1.82) is 0 Å². The van der Waals surface area contributed by atoms with Crippen LogP contribution in [-0.2, 0) is 4.79 Å². The third kappa shape index (κ3) is 4.04. The first-order valence-electron chi connectivity index (χ1n) is 6.67. The number of ether oxygens (including phenoxy) is 1. The predicted molar refractivity (Wildman–Crippen MR) is 76.9 cm³/mol. The van der Waals surface area contributed by atoms with Crippen LogP contribution in [-0.4, -0.2) is 25.6 Å². The van der Waals surface area contributed by atoms with Gasteiger partial charge in [0.1, 0.15) is 5.75 Å². The Kier molecular flexibility index (Phi) is 5.00. The van der Waals surface area contributed by atoms with Crippen LogP contribution in [0.4, 0.5) is 14.5 Å². The van der Waals surface area contributed by atoms with Gasteiger partial charge in [-0.05, 0) is 44.5 Å². The highest BCUT2D eigenvalue weighted by Gasteiger charge is 2.34. The fraction of sp³-hybridized carbons (Fsp3) is 0.500. The number of hydrogen-bond donors (Lipinski definition) is 2. The van der Waals surface area contributed by atoms with E-state index in [1.165, 1.54) is 18.2 Å². The number of hydrogen-bond acceptors (Lipinski definition) is 3. The second kappa shape index (κ2) is 6.58. The first kappa shape index (κ1) is 16.0. The van der Waals surface area contributed by atoms with Crippen LogP contribution in [0.1, 0.15) is 19.8 Å². The van der Waals surface area contributed by atoms with Gasteiger partial charge in [-0.15, -0.1) is 0 Å². The van der Waals surface area contributed by atoms with Crippen LogP contribution in [0, 0.1) is 5.41 Å². The maximum Gasteiger partial charge on any atom is 0.387 e. The molecule has 21 heavy (non-hydrogen) atoms. The second-order valence-electron chi connectivity index (χ2n) is 5.32. The molecule has 0 spiro atoms. The minimum absolute atomic E-state index is 0.0278. The molecule has 1 aromatic rings. The molecule has 0 bridgehead atoms. The van der Waals surface area contributed by atoms with Gasteiger partial charge in [0, 0.05) is 12.2 Å². The lowest BCUT2D eigenvalue weighted by molar-refractivity contribution is -0.125. The number of nitrogens with one attached hydrogen (secondary N) is 2. The van der Waals surface area contributed by atoms with Crippen LogP contribution in [0.15, 0.2) is 18.2 Å². The molecule has 1 unspecified atom stereocenters. The van der Waals surface area contributed by atoms with Crippen molar-refractivity contribution in [1.82, 2.24) is 5.32 Å². The lowest BCUT2D eigenvalue weighted by atomic mass is 9.82. The number of piperidine rings is 1. The molecule has 2 rings (SSSR count). The quantitative estimate of drug-likeness (QED) is 0.896. The average molecular weight is 319 g/mol. The molecule has 0 aromatic heterocycles. The molecule has 1 aliphatic heterocycles. The highest BCUT2D eigenvalue weighted by molar-refractivity contribution is 6.32. The average Bonchev–Trinajstić information content (AvgIpc) is 2.42. The number of anilines is 1. The largest absolute Gasteiger partial charge is 0.433 e. The zero-order chi connectivity index (χ0) is 15.5. The molecule has 1 fully saturated rings. The molecule has 116 valence electrons. The highest BCUT2D eigenvalue weighted by Crippen LogP contribution is 2.31. The number of benzene rings is 1. The zero-order valence-electron chi connectivity index (χ0n) is 11.6. The lowest BCUT2D eigenvalue weighted by Gasteiger charge is -2.32. The molecule has 7 heteroatoms. The summed E-state index contributed by atoms with van der Waals surface area (Å²) in [6.45, 7) is 0.480. The molecule has 0 radical (unpaired) electrons. The van der Waals surface area contributed by atoms with Crippen LogP contribution in [0.25, 0.3) is 0 Å². The Morgan fingerprint density at radius 1 is 1.52 bits per heavy atom. The van der Waals surface area contributed by atoms with Crippen molar-refractivity contribution >= 4 is 23.2 Å². The number of rotatable bonds is 4. The maximum absolute atomic E-state index is 12.3. The number of alkyl halides is 2. The van der Waals surface area contributed by atoms with Crippen LogP contribution < -0.4 is 15.4 Å². The summed E-state index contributed by atoms with van der Waals surface area (Å²) in [5.41, 5.74) is -0.0264. The van der Waals surface area contributed by atoms with Gasteiger partial charge in [-0.25, -0.2) is 0 Å². The van der Waals surface area contributed by atoms with Crippen LogP contribution in [0.5, 0.6) is 5.75 Å². The molecule has 1 amide bonds. The SMILES string of the molecule is CC1(C(=O)Nc2ccc(OC(F)F)c(Cl)c2)CCCNC1. The van der Waals surface area contributed by atoms with E-state index in [2.05, 4.69) is 15.4 Å². The predicted octanol–water partition coefficient (Wildman–Crippen LogP) is 3.27. The van der Waals surface area contributed by atoms with E-state index in [9.17, 15) is 13.6 Å². The number of amides is 1. The summed E-state index contributed by atoms with van der Waals surface area (Å²) < 4.78 is 28.5. The molecule has 1 aliphatic rings. The Morgan fingerprint density at radius 2 is 2.29 bits per heavy atom. The Balaban J connectivity index is 2.05. The normalized spacial score (nSPS) is 22.1. The summed E-state index contributed by atoms with van der Waals surface area (Å²) in [5, 5.41) is 5.99. The number of carbonyl (C=O) groups is 1. The summed E-state index contributed by atoms with van der Waals surface area (Å²) >= 11 is 5.86. The Bertz CT molecular complexity index is 520. The molecule has 1 aromatic carbocycles. The summed E-state index contributed by atoms with van der Waals surface area (Å²) in [4.78, 5) is 12.3. The molecule has 0 saturated carbocycles. The highest BCUT2D eigenvalue weighted by atomic mass is 35.5. The summed E-state index contributed by atoms with van der Waals surface area (Å²) in [5.74, 6) is -0.233. The first-order valence-corrected chi connectivity index (χ1v) is 7.05. The molecule has 1 heterocycles. The van der Waals surface area contributed by atoms with E-state index in [0.717, 1.165) is 19.4 Å². The molecule has 1 atom stereocenters. The van der Waals surface area contributed by atoms with Crippen molar-refractivity contribution in [3.63, 3.8) is 0 Å². The fourth-order valence-electron chi connectivity index (χ4n) is 2.30. The van der Waals surface area contributed by atoms with Crippen molar-refractivity contribution in [3.05, 3.63) is 23.2 Å². The van der Waals surface area contributed by atoms with Gasteiger partial charge >= 0.3 is 6.61 Å². The van der Waals surface area contributed by atoms with Crippen LogP contribution >= 0.6 is 11.6 Å². The molecule has 2 N–H and O–H groups in total. The van der Waals surface area contributed by atoms with Gasteiger partial charge in [-0.3, -0.25) is 4.79 Å². The van der Waals surface area contributed by atoms with Crippen LogP contribution in [0.2, 0.25) is 5.02 Å². The lowest BCUT2D eigenvalue weighted by Crippen LogP contribution is -2.46. The number of halogens is 3.